The van der Waals surface area contributed by atoms with E-state index >= 15 is 0 Å². The number of amides is 1. The van der Waals surface area contributed by atoms with Crippen molar-refractivity contribution in [2.24, 2.45) is 0 Å². The smallest absolute Gasteiger partial charge is 0.413 e. The lowest BCUT2D eigenvalue weighted by atomic mass is 10.1. The number of rotatable bonds is 4. The van der Waals surface area contributed by atoms with Gasteiger partial charge in [0.15, 0.2) is 0 Å². The van der Waals surface area contributed by atoms with Crippen LogP contribution in [0.5, 0.6) is 0 Å². The van der Waals surface area contributed by atoms with E-state index in [1.807, 2.05) is 30.3 Å². The molecule has 118 valence electrons. The second-order valence-corrected chi connectivity index (χ2v) is 5.33. The van der Waals surface area contributed by atoms with Gasteiger partial charge in [0.25, 0.3) is 0 Å². The summed E-state index contributed by atoms with van der Waals surface area (Å²) in [6.07, 6.45) is 3.32. The average Bonchev–Trinajstić information content (AvgIpc) is 3.01. The van der Waals surface area contributed by atoms with Crippen molar-refractivity contribution in [3.8, 4) is 0 Å². The van der Waals surface area contributed by atoms with Crippen LogP contribution in [0, 0.1) is 0 Å². The molecule has 1 aromatic heterocycles. The zero-order valence-electron chi connectivity index (χ0n) is 12.4. The van der Waals surface area contributed by atoms with Crippen molar-refractivity contribution < 1.29 is 19.4 Å². The van der Waals surface area contributed by atoms with E-state index in [9.17, 15) is 14.7 Å². The highest BCUT2D eigenvalue weighted by Gasteiger charge is 2.24. The van der Waals surface area contributed by atoms with Crippen molar-refractivity contribution in [1.82, 2.24) is 4.98 Å². The Balaban J connectivity index is 1.72. The average molecular weight is 312 g/mol. The van der Waals surface area contributed by atoms with Gasteiger partial charge in [0, 0.05) is 6.20 Å². The molecule has 23 heavy (non-hydrogen) atoms. The molecular formula is C17H16N2O4. The van der Waals surface area contributed by atoms with Gasteiger partial charge in [-0.25, -0.2) is 14.6 Å². The van der Waals surface area contributed by atoms with Crippen LogP contribution in [0.15, 0.2) is 36.5 Å². The molecule has 3 rings (SSSR count). The van der Waals surface area contributed by atoms with Crippen LogP contribution in [0.4, 0.5) is 10.6 Å². The predicted octanol–water partition coefficient (Wildman–Crippen LogP) is 3.02. The number of hydrogen-bond donors (Lipinski definition) is 2. The summed E-state index contributed by atoms with van der Waals surface area (Å²) in [6, 6.07) is 9.24. The number of carboxylic acids is 1. The molecule has 0 saturated heterocycles. The van der Waals surface area contributed by atoms with E-state index in [1.54, 1.807) is 6.20 Å². The molecule has 2 aromatic rings. The van der Waals surface area contributed by atoms with Crippen molar-refractivity contribution in [2.45, 2.75) is 25.9 Å². The normalized spacial score (nSPS) is 12.5. The number of hydrogen-bond acceptors (Lipinski definition) is 4. The lowest BCUT2D eigenvalue weighted by molar-refractivity contribution is 0.0696. The molecule has 0 fully saturated rings. The minimum atomic E-state index is -1.09. The maximum Gasteiger partial charge on any atom is 0.413 e. The summed E-state index contributed by atoms with van der Waals surface area (Å²) in [6.45, 7) is 0.111. The molecule has 1 aliphatic rings. The second-order valence-electron chi connectivity index (χ2n) is 5.33. The summed E-state index contributed by atoms with van der Waals surface area (Å²) in [4.78, 5) is 27.5. The molecule has 0 unspecified atom stereocenters. The number of anilines is 1. The number of pyridine rings is 1. The number of benzene rings is 1. The second kappa shape index (κ2) is 6.48. The molecule has 0 spiro atoms. The fourth-order valence-corrected chi connectivity index (χ4v) is 2.73. The van der Waals surface area contributed by atoms with Crippen molar-refractivity contribution in [1.29, 1.82) is 0 Å². The van der Waals surface area contributed by atoms with Gasteiger partial charge in [0.1, 0.15) is 18.0 Å². The third-order valence-electron chi connectivity index (χ3n) is 3.80. The fourth-order valence-electron chi connectivity index (χ4n) is 2.73. The summed E-state index contributed by atoms with van der Waals surface area (Å²) in [5, 5.41) is 11.9. The van der Waals surface area contributed by atoms with Crippen LogP contribution in [-0.2, 0) is 24.2 Å². The maximum atomic E-state index is 11.9. The van der Waals surface area contributed by atoms with Crippen LogP contribution in [0.3, 0.4) is 0 Å². The molecule has 0 bridgehead atoms. The van der Waals surface area contributed by atoms with E-state index in [2.05, 4.69) is 10.3 Å². The first-order valence-corrected chi connectivity index (χ1v) is 7.37. The van der Waals surface area contributed by atoms with Gasteiger partial charge in [-0.2, -0.15) is 0 Å². The number of carbonyl (C=O) groups is 2. The lowest BCUT2D eigenvalue weighted by Gasteiger charge is -2.11. The van der Waals surface area contributed by atoms with E-state index in [0.29, 0.717) is 6.42 Å². The van der Waals surface area contributed by atoms with E-state index < -0.39 is 12.1 Å². The number of nitrogens with zero attached hydrogens (tertiary/aromatic N) is 1. The van der Waals surface area contributed by atoms with Gasteiger partial charge in [0.05, 0.1) is 0 Å². The number of ether oxygens (including phenoxy) is 1. The van der Waals surface area contributed by atoms with Crippen LogP contribution < -0.4 is 5.32 Å². The van der Waals surface area contributed by atoms with Gasteiger partial charge < -0.3 is 9.84 Å². The number of fused-ring (bicyclic) bond motifs is 1. The van der Waals surface area contributed by atoms with Gasteiger partial charge in [-0.15, -0.1) is 0 Å². The number of aryl methyl sites for hydroxylation is 1. The van der Waals surface area contributed by atoms with Crippen LogP contribution in [0.2, 0.25) is 0 Å². The Morgan fingerprint density at radius 3 is 2.74 bits per heavy atom. The highest BCUT2D eigenvalue weighted by atomic mass is 16.5. The minimum Gasteiger partial charge on any atom is -0.478 e. The number of aromatic nitrogens is 1. The molecular weight excluding hydrogens is 296 g/mol. The van der Waals surface area contributed by atoms with Gasteiger partial charge >= 0.3 is 12.1 Å². The Bertz CT molecular complexity index is 744. The molecule has 1 amide bonds. The SMILES string of the molecule is O=C(Nc1ncc2c(c1C(=O)O)CCC2)OCc1ccccc1. The first-order chi connectivity index (χ1) is 11.1. The summed E-state index contributed by atoms with van der Waals surface area (Å²) >= 11 is 0. The van der Waals surface area contributed by atoms with Crippen LogP contribution in [0.1, 0.15) is 33.5 Å². The molecule has 6 heteroatoms. The van der Waals surface area contributed by atoms with E-state index in [-0.39, 0.29) is 18.0 Å². The van der Waals surface area contributed by atoms with Gasteiger partial charge in [0.2, 0.25) is 0 Å². The topological polar surface area (TPSA) is 88.5 Å². The molecule has 1 aliphatic carbocycles. The zero-order chi connectivity index (χ0) is 16.2. The predicted molar refractivity (Wildman–Crippen MR) is 83.5 cm³/mol. The fraction of sp³-hybridized carbons (Fsp3) is 0.235. The number of carbonyl (C=O) groups excluding carboxylic acids is 1. The molecule has 6 nitrogen and oxygen atoms in total. The van der Waals surface area contributed by atoms with Crippen molar-refractivity contribution >= 4 is 17.9 Å². The molecule has 0 atom stereocenters. The zero-order valence-corrected chi connectivity index (χ0v) is 12.4. The maximum absolute atomic E-state index is 11.9. The Morgan fingerprint density at radius 1 is 1.22 bits per heavy atom. The van der Waals surface area contributed by atoms with Crippen LogP contribution in [0.25, 0.3) is 0 Å². The van der Waals surface area contributed by atoms with Gasteiger partial charge in [-0.1, -0.05) is 30.3 Å². The molecule has 0 saturated carbocycles. The van der Waals surface area contributed by atoms with E-state index in [0.717, 1.165) is 29.5 Å². The molecule has 0 radical (unpaired) electrons. The third kappa shape index (κ3) is 3.31. The van der Waals surface area contributed by atoms with Crippen molar-refractivity contribution in [2.75, 3.05) is 5.32 Å². The van der Waals surface area contributed by atoms with Crippen molar-refractivity contribution in [3.05, 3.63) is 58.8 Å². The third-order valence-corrected chi connectivity index (χ3v) is 3.80. The highest BCUT2D eigenvalue weighted by Crippen LogP contribution is 2.29. The summed E-state index contributed by atoms with van der Waals surface area (Å²) in [5.74, 6) is -1.05. The first kappa shape index (κ1) is 15.0. The molecule has 1 heterocycles. The Hall–Kier alpha value is -2.89. The van der Waals surface area contributed by atoms with Gasteiger partial charge in [-0.3, -0.25) is 5.32 Å². The van der Waals surface area contributed by atoms with Crippen LogP contribution >= 0.6 is 0 Å². The van der Waals surface area contributed by atoms with Gasteiger partial charge in [-0.05, 0) is 36.0 Å². The number of carboxylic acid groups (broad SMARTS) is 1. The Morgan fingerprint density at radius 2 is 2.00 bits per heavy atom. The lowest BCUT2D eigenvalue weighted by Crippen LogP contribution is -2.18. The number of nitrogens with one attached hydrogen (secondary N) is 1. The van der Waals surface area contributed by atoms with E-state index in [4.69, 9.17) is 4.74 Å². The minimum absolute atomic E-state index is 0.0382. The standard InChI is InChI=1S/C17H16N2O4/c20-16(21)14-13-8-4-7-12(13)9-18-15(14)19-17(22)23-10-11-5-2-1-3-6-11/h1-3,5-6,9H,4,7-8,10H2,(H,20,21)(H,18,19,22). The summed E-state index contributed by atoms with van der Waals surface area (Å²) in [7, 11) is 0. The highest BCUT2D eigenvalue weighted by molar-refractivity contribution is 5.99. The molecule has 0 aliphatic heterocycles. The molecule has 1 aromatic carbocycles. The molecule has 2 N–H and O–H groups in total. The largest absolute Gasteiger partial charge is 0.478 e. The van der Waals surface area contributed by atoms with E-state index in [1.165, 1.54) is 0 Å². The Kier molecular flexibility index (Phi) is 4.23. The summed E-state index contributed by atoms with van der Waals surface area (Å²) in [5.41, 5.74) is 2.61. The number of aromatic carboxylic acids is 1. The summed E-state index contributed by atoms with van der Waals surface area (Å²) < 4.78 is 5.10. The quantitative estimate of drug-likeness (QED) is 0.906. The van der Waals surface area contributed by atoms with Crippen LogP contribution in [-0.4, -0.2) is 22.2 Å². The Labute approximate surface area is 133 Å². The monoisotopic (exact) mass is 312 g/mol. The first-order valence-electron chi connectivity index (χ1n) is 7.37. The van der Waals surface area contributed by atoms with Crippen molar-refractivity contribution in [3.63, 3.8) is 0 Å².